The molecule has 0 aromatic rings. The molecule has 21 heavy (non-hydrogen) atoms. The molecule has 1 rings (SSSR count). The van der Waals surface area contributed by atoms with Crippen molar-refractivity contribution in [3.05, 3.63) is 0 Å². The number of nitrogens with one attached hydrogen (secondary N) is 1. The number of hydrogen-bond donors (Lipinski definition) is 1. The second kappa shape index (κ2) is 6.55. The highest BCUT2D eigenvalue weighted by atomic mass is 16.6. The molecule has 1 aliphatic rings. The summed E-state index contributed by atoms with van der Waals surface area (Å²) in [6.07, 6.45) is 1.89. The van der Waals surface area contributed by atoms with Crippen molar-refractivity contribution in [3.8, 4) is 0 Å². The molecule has 0 bridgehead atoms. The third-order valence-electron chi connectivity index (χ3n) is 3.83. The third kappa shape index (κ3) is 7.16. The molecule has 0 aliphatic carbocycles. The number of piperidine rings is 1. The number of rotatable bonds is 3. The number of ether oxygens (including phenoxy) is 1. The highest BCUT2D eigenvalue weighted by Crippen LogP contribution is 2.31. The molecule has 0 aromatic carbocycles. The van der Waals surface area contributed by atoms with Crippen LogP contribution in [0.25, 0.3) is 0 Å². The lowest BCUT2D eigenvalue weighted by Gasteiger charge is -2.40. The van der Waals surface area contributed by atoms with Crippen LogP contribution in [0, 0.1) is 10.8 Å². The zero-order chi connectivity index (χ0) is 16.3. The summed E-state index contributed by atoms with van der Waals surface area (Å²) in [5, 5.41) is 3.58. The highest BCUT2D eigenvalue weighted by molar-refractivity contribution is 5.68. The Labute approximate surface area is 130 Å². The monoisotopic (exact) mass is 298 g/mol. The first kappa shape index (κ1) is 18.3. The smallest absolute Gasteiger partial charge is 0.410 e. The Morgan fingerprint density at radius 3 is 2.10 bits per heavy atom. The Hall–Kier alpha value is -0.770. The average Bonchev–Trinajstić information content (AvgIpc) is 2.25. The first-order valence-corrected chi connectivity index (χ1v) is 8.09. The Balaban J connectivity index is 2.38. The van der Waals surface area contributed by atoms with Crippen LogP contribution in [0.15, 0.2) is 0 Å². The molecule has 1 fully saturated rings. The second-order valence-electron chi connectivity index (χ2n) is 8.94. The van der Waals surface area contributed by atoms with Crippen molar-refractivity contribution in [3.63, 3.8) is 0 Å². The summed E-state index contributed by atoms with van der Waals surface area (Å²) in [7, 11) is 0. The van der Waals surface area contributed by atoms with Gasteiger partial charge in [0.15, 0.2) is 0 Å². The van der Waals surface area contributed by atoms with Crippen molar-refractivity contribution in [1.29, 1.82) is 0 Å². The summed E-state index contributed by atoms with van der Waals surface area (Å²) in [5.41, 5.74) is 0.184. The Bertz CT molecular complexity index is 345. The number of carbonyl (C=O) groups excluding carboxylic acids is 1. The molecule has 0 spiro atoms. The van der Waals surface area contributed by atoms with Crippen LogP contribution in [-0.2, 0) is 4.74 Å². The Kier molecular flexibility index (Phi) is 5.70. The van der Waals surface area contributed by atoms with Crippen molar-refractivity contribution in [2.45, 2.75) is 66.9 Å². The molecule has 4 nitrogen and oxygen atoms in total. The molecule has 1 amide bonds. The van der Waals surface area contributed by atoms with Gasteiger partial charge in [0.1, 0.15) is 5.60 Å². The molecule has 1 heterocycles. The highest BCUT2D eigenvalue weighted by Gasteiger charge is 2.33. The van der Waals surface area contributed by atoms with Gasteiger partial charge in [-0.3, -0.25) is 0 Å². The average molecular weight is 298 g/mol. The molecule has 4 heteroatoms. The lowest BCUT2D eigenvalue weighted by atomic mass is 9.80. The standard InChI is InChI=1S/C17H34N2O2/c1-15(2,3)12-18-13-17(7)8-10-19(11-9-17)14(20)21-16(4,5)6/h18H,8-13H2,1-7H3. The minimum Gasteiger partial charge on any atom is -0.444 e. The van der Waals surface area contributed by atoms with Gasteiger partial charge in [-0.25, -0.2) is 4.79 Å². The van der Waals surface area contributed by atoms with Crippen molar-refractivity contribution in [1.82, 2.24) is 10.2 Å². The summed E-state index contributed by atoms with van der Waals surface area (Å²) in [4.78, 5) is 13.9. The molecule has 1 aliphatic heterocycles. The first-order valence-electron chi connectivity index (χ1n) is 8.09. The van der Waals surface area contributed by atoms with E-state index in [-0.39, 0.29) is 11.5 Å². The lowest BCUT2D eigenvalue weighted by molar-refractivity contribution is 0.0118. The van der Waals surface area contributed by atoms with Crippen molar-refractivity contribution < 1.29 is 9.53 Å². The van der Waals surface area contributed by atoms with E-state index in [0.29, 0.717) is 5.41 Å². The van der Waals surface area contributed by atoms with E-state index < -0.39 is 5.60 Å². The first-order chi connectivity index (χ1) is 9.40. The van der Waals surface area contributed by atoms with Gasteiger partial charge in [0.2, 0.25) is 0 Å². The van der Waals surface area contributed by atoms with Gasteiger partial charge in [0.05, 0.1) is 0 Å². The van der Waals surface area contributed by atoms with Crippen LogP contribution in [0.4, 0.5) is 4.79 Å². The maximum Gasteiger partial charge on any atom is 0.410 e. The summed E-state index contributed by atoms with van der Waals surface area (Å²) < 4.78 is 5.44. The SMILES string of the molecule is CC(C)(C)CNCC1(C)CCN(C(=O)OC(C)(C)C)CC1. The van der Waals surface area contributed by atoms with Gasteiger partial charge in [0, 0.05) is 26.2 Å². The molecule has 0 unspecified atom stereocenters. The number of hydrogen-bond acceptors (Lipinski definition) is 3. The molecule has 124 valence electrons. The molecule has 0 radical (unpaired) electrons. The minimum atomic E-state index is -0.411. The lowest BCUT2D eigenvalue weighted by Crippen LogP contribution is -2.47. The Morgan fingerprint density at radius 2 is 1.67 bits per heavy atom. The number of nitrogens with zero attached hydrogens (tertiary/aromatic N) is 1. The largest absolute Gasteiger partial charge is 0.444 e. The van der Waals surface area contributed by atoms with Crippen molar-refractivity contribution >= 4 is 6.09 Å². The fraction of sp³-hybridized carbons (Fsp3) is 0.941. The van der Waals surface area contributed by atoms with Crippen molar-refractivity contribution in [2.24, 2.45) is 10.8 Å². The molecular formula is C17H34N2O2. The molecule has 1 N–H and O–H groups in total. The van der Waals surface area contributed by atoms with E-state index in [1.165, 1.54) is 0 Å². The number of amides is 1. The number of carbonyl (C=O) groups is 1. The zero-order valence-electron chi connectivity index (χ0n) is 15.0. The van der Waals surface area contributed by atoms with Crippen LogP contribution < -0.4 is 5.32 Å². The van der Waals surface area contributed by atoms with Gasteiger partial charge in [0.25, 0.3) is 0 Å². The minimum absolute atomic E-state index is 0.174. The molecular weight excluding hydrogens is 264 g/mol. The van der Waals surface area contributed by atoms with Gasteiger partial charge < -0.3 is 15.0 Å². The fourth-order valence-electron chi connectivity index (χ4n) is 2.47. The molecule has 0 aromatic heterocycles. The van der Waals surface area contributed by atoms with Gasteiger partial charge in [-0.2, -0.15) is 0 Å². The van der Waals surface area contributed by atoms with Gasteiger partial charge in [-0.05, 0) is 44.4 Å². The maximum atomic E-state index is 12.1. The van der Waals surface area contributed by atoms with E-state index in [0.717, 1.165) is 39.0 Å². The fourth-order valence-corrected chi connectivity index (χ4v) is 2.47. The molecule has 0 saturated carbocycles. The quantitative estimate of drug-likeness (QED) is 0.864. The zero-order valence-corrected chi connectivity index (χ0v) is 15.0. The summed E-state index contributed by atoms with van der Waals surface area (Å²) in [5.74, 6) is 0. The summed E-state index contributed by atoms with van der Waals surface area (Å²) in [6, 6.07) is 0. The van der Waals surface area contributed by atoms with E-state index >= 15 is 0 Å². The number of likely N-dealkylation sites (tertiary alicyclic amines) is 1. The molecule has 0 atom stereocenters. The van der Waals surface area contributed by atoms with E-state index in [4.69, 9.17) is 4.74 Å². The summed E-state index contributed by atoms with van der Waals surface area (Å²) in [6.45, 7) is 18.4. The van der Waals surface area contributed by atoms with Gasteiger partial charge >= 0.3 is 6.09 Å². The maximum absolute atomic E-state index is 12.1. The van der Waals surface area contributed by atoms with Crippen molar-refractivity contribution in [2.75, 3.05) is 26.2 Å². The predicted molar refractivity (Wildman–Crippen MR) is 87.5 cm³/mol. The predicted octanol–water partition coefficient (Wildman–Crippen LogP) is 3.66. The van der Waals surface area contributed by atoms with Crippen LogP contribution in [0.1, 0.15) is 61.3 Å². The van der Waals surface area contributed by atoms with Gasteiger partial charge in [-0.15, -0.1) is 0 Å². The van der Waals surface area contributed by atoms with E-state index in [9.17, 15) is 4.79 Å². The van der Waals surface area contributed by atoms with Crippen LogP contribution >= 0.6 is 0 Å². The topological polar surface area (TPSA) is 41.6 Å². The van der Waals surface area contributed by atoms with Crippen LogP contribution in [-0.4, -0.2) is 42.8 Å². The third-order valence-corrected chi connectivity index (χ3v) is 3.83. The van der Waals surface area contributed by atoms with Crippen LogP contribution in [0.3, 0.4) is 0 Å². The van der Waals surface area contributed by atoms with Crippen LogP contribution in [0.5, 0.6) is 0 Å². The van der Waals surface area contributed by atoms with E-state index in [1.54, 1.807) is 0 Å². The Morgan fingerprint density at radius 1 is 1.14 bits per heavy atom. The van der Waals surface area contributed by atoms with Gasteiger partial charge in [-0.1, -0.05) is 27.7 Å². The van der Waals surface area contributed by atoms with E-state index in [2.05, 4.69) is 33.0 Å². The normalized spacial score (nSPS) is 19.5. The molecule has 1 saturated heterocycles. The summed E-state index contributed by atoms with van der Waals surface area (Å²) >= 11 is 0. The van der Waals surface area contributed by atoms with Crippen LogP contribution in [0.2, 0.25) is 0 Å². The second-order valence-corrected chi connectivity index (χ2v) is 8.94. The van der Waals surface area contributed by atoms with E-state index in [1.807, 2.05) is 25.7 Å².